The second-order valence-electron chi connectivity index (χ2n) is 15.5. The first kappa shape index (κ1) is 37.4. The highest BCUT2D eigenvalue weighted by atomic mass is 15.0. The van der Waals surface area contributed by atoms with E-state index >= 15 is 0 Å². The van der Waals surface area contributed by atoms with Crippen molar-refractivity contribution in [1.82, 2.24) is 34.9 Å². The van der Waals surface area contributed by atoms with Gasteiger partial charge < -0.3 is 0 Å². The van der Waals surface area contributed by atoms with Crippen LogP contribution in [-0.4, -0.2) is 34.9 Å². The van der Waals surface area contributed by atoms with Gasteiger partial charge in [-0.05, 0) is 128 Å². The van der Waals surface area contributed by atoms with Gasteiger partial charge in [-0.3, -0.25) is 9.97 Å². The van der Waals surface area contributed by atoms with Crippen molar-refractivity contribution in [2.45, 2.75) is 6.92 Å². The lowest BCUT2D eigenvalue weighted by Crippen LogP contribution is -2.01. The molecule has 0 saturated heterocycles. The van der Waals surface area contributed by atoms with E-state index in [0.717, 1.165) is 78.3 Å². The Morgan fingerprint density at radius 3 is 1.57 bits per heavy atom. The molecule has 0 saturated carbocycles. The van der Waals surface area contributed by atoms with E-state index in [1.807, 2.05) is 86.4 Å². The summed E-state index contributed by atoms with van der Waals surface area (Å²) in [5, 5.41) is 4.77. The van der Waals surface area contributed by atoms with Crippen LogP contribution in [0.1, 0.15) is 5.82 Å². The minimum Gasteiger partial charge on any atom is -0.265 e. The van der Waals surface area contributed by atoms with Gasteiger partial charge in [0.05, 0.1) is 5.69 Å². The van der Waals surface area contributed by atoms with Gasteiger partial charge in [-0.15, -0.1) is 0 Å². The van der Waals surface area contributed by atoms with Crippen LogP contribution in [0.25, 0.3) is 111 Å². The van der Waals surface area contributed by atoms with Crippen molar-refractivity contribution < 1.29 is 0 Å². The molecule has 0 spiro atoms. The zero-order valence-electron chi connectivity index (χ0n) is 34.3. The fraction of sp³-hybridized carbons (Fsp3) is 0.0179. The summed E-state index contributed by atoms with van der Waals surface area (Å²) < 4.78 is 0. The molecule has 0 amide bonds. The van der Waals surface area contributed by atoms with E-state index in [0.29, 0.717) is 17.5 Å². The molecule has 0 atom stereocenters. The highest BCUT2D eigenvalue weighted by molar-refractivity contribution is 6.14. The first-order chi connectivity index (χ1) is 31.1. The van der Waals surface area contributed by atoms with Gasteiger partial charge in [0, 0.05) is 58.8 Å². The zero-order valence-corrected chi connectivity index (χ0v) is 34.3. The fourth-order valence-corrected chi connectivity index (χ4v) is 8.27. The monoisotopic (exact) mass is 807 g/mol. The Labute approximate surface area is 364 Å². The molecule has 11 aromatic rings. The Balaban J connectivity index is 1.13. The lowest BCUT2D eigenvalue weighted by atomic mass is 9.90. The van der Waals surface area contributed by atoms with Crippen LogP contribution < -0.4 is 0 Å². The van der Waals surface area contributed by atoms with Crippen LogP contribution in [0.5, 0.6) is 0 Å². The molecule has 11 rings (SSSR count). The third kappa shape index (κ3) is 7.49. The van der Waals surface area contributed by atoms with Gasteiger partial charge in [-0.2, -0.15) is 0 Å². The number of hydrogen-bond donors (Lipinski definition) is 0. The van der Waals surface area contributed by atoms with Crippen LogP contribution in [-0.2, 0) is 0 Å². The zero-order chi connectivity index (χ0) is 42.1. The maximum Gasteiger partial charge on any atom is 0.164 e. The van der Waals surface area contributed by atoms with Crippen LogP contribution in [0, 0.1) is 6.92 Å². The molecule has 0 N–H and O–H groups in total. The van der Waals surface area contributed by atoms with Gasteiger partial charge >= 0.3 is 0 Å². The molecule has 7 aromatic carbocycles. The summed E-state index contributed by atoms with van der Waals surface area (Å²) in [4.78, 5) is 33.5. The number of nitrogens with zero attached hydrogens (tertiary/aromatic N) is 7. The number of aromatic nitrogens is 7. The summed E-state index contributed by atoms with van der Waals surface area (Å²) in [6, 6.07) is 61.4. The number of aryl methyl sites for hydroxylation is 1. The molecule has 296 valence electrons. The van der Waals surface area contributed by atoms with E-state index < -0.39 is 0 Å². The summed E-state index contributed by atoms with van der Waals surface area (Å²) >= 11 is 0. The van der Waals surface area contributed by atoms with Gasteiger partial charge in [0.1, 0.15) is 5.82 Å². The molecular formula is C56H37N7. The lowest BCUT2D eigenvalue weighted by Gasteiger charge is -2.15. The molecule has 0 radical (unpaired) electrons. The predicted octanol–water partition coefficient (Wildman–Crippen LogP) is 13.4. The van der Waals surface area contributed by atoms with E-state index in [1.54, 1.807) is 0 Å². The Morgan fingerprint density at radius 1 is 0.317 bits per heavy atom. The molecule has 7 nitrogen and oxygen atoms in total. The molecular weight excluding hydrogens is 771 g/mol. The first-order valence-electron chi connectivity index (χ1n) is 20.8. The third-order valence-electron chi connectivity index (χ3n) is 11.5. The van der Waals surface area contributed by atoms with Gasteiger partial charge in [0.15, 0.2) is 17.5 Å². The molecule has 0 bridgehead atoms. The summed E-state index contributed by atoms with van der Waals surface area (Å²) in [6.45, 7) is 1.90. The molecule has 7 heteroatoms. The summed E-state index contributed by atoms with van der Waals surface area (Å²) in [5.74, 6) is 2.44. The van der Waals surface area contributed by atoms with Gasteiger partial charge in [0.25, 0.3) is 0 Å². The quantitative estimate of drug-likeness (QED) is 0.141. The second-order valence-corrected chi connectivity index (χ2v) is 15.5. The Morgan fingerprint density at radius 2 is 0.857 bits per heavy atom. The third-order valence-corrected chi connectivity index (χ3v) is 11.5. The maximum atomic E-state index is 5.30. The Hall–Kier alpha value is -8.55. The van der Waals surface area contributed by atoms with Crippen molar-refractivity contribution in [1.29, 1.82) is 0 Å². The molecule has 0 fully saturated rings. The van der Waals surface area contributed by atoms with E-state index in [4.69, 9.17) is 15.0 Å². The summed E-state index contributed by atoms with van der Waals surface area (Å²) in [6.07, 6.45) is 9.17. The van der Waals surface area contributed by atoms with Crippen LogP contribution in [0.2, 0.25) is 0 Å². The minimum atomic E-state index is 0.564. The van der Waals surface area contributed by atoms with E-state index in [9.17, 15) is 0 Å². The van der Waals surface area contributed by atoms with Crippen LogP contribution >= 0.6 is 0 Å². The number of benzene rings is 7. The number of pyridine rings is 2. The van der Waals surface area contributed by atoms with Gasteiger partial charge in [-0.1, -0.05) is 115 Å². The summed E-state index contributed by atoms with van der Waals surface area (Å²) in [7, 11) is 0. The molecule has 0 unspecified atom stereocenters. The topological polar surface area (TPSA) is 90.2 Å². The normalized spacial score (nSPS) is 11.3. The van der Waals surface area contributed by atoms with Crippen LogP contribution in [0.15, 0.2) is 207 Å². The first-order valence-corrected chi connectivity index (χ1v) is 20.8. The lowest BCUT2D eigenvalue weighted by molar-refractivity contribution is 1.06. The number of fused-ring (bicyclic) bond motifs is 3. The minimum absolute atomic E-state index is 0.564. The Bertz CT molecular complexity index is 3340. The van der Waals surface area contributed by atoms with Crippen molar-refractivity contribution in [3.8, 4) is 89.9 Å². The molecule has 4 heterocycles. The van der Waals surface area contributed by atoms with E-state index in [1.165, 1.54) is 21.5 Å². The highest BCUT2D eigenvalue weighted by Gasteiger charge is 2.18. The molecule has 0 aliphatic heterocycles. The smallest absolute Gasteiger partial charge is 0.164 e. The number of rotatable bonds is 8. The molecule has 63 heavy (non-hydrogen) atoms. The SMILES string of the molecule is Cc1ncc(-c2ccc(-c3cc(-c4nc(-c5cccc(-c6ccncc6)c5)nc(-c5cccc(-c6ccccn6)c5)n4)cc(-c4cc5ccccc5c5ccccc45)c3)cc2)cn1. The average Bonchev–Trinajstić information content (AvgIpc) is 3.37. The van der Waals surface area contributed by atoms with Gasteiger partial charge in [-0.25, -0.2) is 24.9 Å². The van der Waals surface area contributed by atoms with Crippen LogP contribution in [0.3, 0.4) is 0 Å². The Kier molecular flexibility index (Phi) is 9.59. The van der Waals surface area contributed by atoms with E-state index in [2.05, 4.69) is 147 Å². The molecule has 0 aliphatic rings. The maximum absolute atomic E-state index is 5.30. The predicted molar refractivity (Wildman–Crippen MR) is 254 cm³/mol. The fourth-order valence-electron chi connectivity index (χ4n) is 8.27. The standard InChI is InChI=1S/C56H37N7/c1-36-59-34-48(35-60-36)38-21-19-37(20-22-38)45-30-46(52-33-41-10-2-3-15-49(41)50-16-4-5-17-51(50)52)32-47(31-45)56-62-54(43-13-8-11-40(28-43)39-23-26-57-27-24-39)61-55(63-56)44-14-9-12-42(29-44)53-18-6-7-25-58-53/h2-35H,1H3. The summed E-state index contributed by atoms with van der Waals surface area (Å²) in [5.41, 5.74) is 12.9. The van der Waals surface area contributed by atoms with Crippen molar-refractivity contribution >= 4 is 21.5 Å². The number of hydrogen-bond acceptors (Lipinski definition) is 7. The largest absolute Gasteiger partial charge is 0.265 e. The van der Waals surface area contributed by atoms with Crippen molar-refractivity contribution in [3.63, 3.8) is 0 Å². The second kappa shape index (κ2) is 16.1. The van der Waals surface area contributed by atoms with Crippen LogP contribution in [0.4, 0.5) is 0 Å². The van der Waals surface area contributed by atoms with E-state index in [-0.39, 0.29) is 0 Å². The highest BCUT2D eigenvalue weighted by Crippen LogP contribution is 2.40. The molecule has 0 aliphatic carbocycles. The van der Waals surface area contributed by atoms with Crippen molar-refractivity contribution in [2.75, 3.05) is 0 Å². The van der Waals surface area contributed by atoms with Crippen molar-refractivity contribution in [3.05, 3.63) is 213 Å². The van der Waals surface area contributed by atoms with Crippen molar-refractivity contribution in [2.24, 2.45) is 0 Å². The average molecular weight is 808 g/mol. The van der Waals surface area contributed by atoms with Gasteiger partial charge in [0.2, 0.25) is 0 Å². The molecule has 4 aromatic heterocycles.